The zero-order valence-electron chi connectivity index (χ0n) is 14.0. The minimum absolute atomic E-state index is 0.701. The molecule has 0 radical (unpaired) electrons. The summed E-state index contributed by atoms with van der Waals surface area (Å²) in [6, 6.07) is 10.8. The Labute approximate surface area is 139 Å². The molecule has 2 heteroatoms. The Balaban J connectivity index is 2.31. The number of halogens is 1. The molecular formula is C20H25ClO. The van der Waals surface area contributed by atoms with Crippen LogP contribution in [0.2, 0.25) is 0 Å². The standard InChI is InChI=1S/C20H25ClO/c1-14-8-7-9-15(2)19(14)20-16(3)12-18(13-17(20)4)22-11-6-5-10-21/h7-9,12-13H,5-6,10-11H2,1-4H3. The molecule has 0 saturated carbocycles. The van der Waals surface area contributed by atoms with Crippen LogP contribution in [0, 0.1) is 27.7 Å². The van der Waals surface area contributed by atoms with Crippen molar-refractivity contribution in [2.45, 2.75) is 40.5 Å². The highest BCUT2D eigenvalue weighted by atomic mass is 35.5. The Morgan fingerprint density at radius 1 is 0.818 bits per heavy atom. The number of ether oxygens (including phenoxy) is 1. The minimum atomic E-state index is 0.701. The van der Waals surface area contributed by atoms with Gasteiger partial charge in [-0.2, -0.15) is 0 Å². The van der Waals surface area contributed by atoms with Gasteiger partial charge >= 0.3 is 0 Å². The molecule has 22 heavy (non-hydrogen) atoms. The van der Waals surface area contributed by atoms with Crippen molar-refractivity contribution in [1.82, 2.24) is 0 Å². The quantitative estimate of drug-likeness (QED) is 0.470. The van der Waals surface area contributed by atoms with Gasteiger partial charge in [-0.1, -0.05) is 18.2 Å². The van der Waals surface area contributed by atoms with Crippen LogP contribution in [0.15, 0.2) is 30.3 Å². The van der Waals surface area contributed by atoms with E-state index in [0.717, 1.165) is 25.2 Å². The second-order valence-corrected chi connectivity index (χ2v) is 6.32. The van der Waals surface area contributed by atoms with E-state index in [1.54, 1.807) is 0 Å². The molecule has 0 spiro atoms. The second-order valence-electron chi connectivity index (χ2n) is 5.94. The van der Waals surface area contributed by atoms with Crippen LogP contribution in [0.5, 0.6) is 5.75 Å². The highest BCUT2D eigenvalue weighted by Gasteiger charge is 2.12. The summed E-state index contributed by atoms with van der Waals surface area (Å²) in [5, 5.41) is 0. The summed E-state index contributed by atoms with van der Waals surface area (Å²) in [5.41, 5.74) is 7.87. The Kier molecular flexibility index (Phi) is 5.90. The van der Waals surface area contributed by atoms with Gasteiger partial charge < -0.3 is 4.74 Å². The van der Waals surface area contributed by atoms with Crippen molar-refractivity contribution in [3.8, 4) is 16.9 Å². The van der Waals surface area contributed by atoms with E-state index in [1.165, 1.54) is 33.4 Å². The van der Waals surface area contributed by atoms with Crippen LogP contribution in [0.1, 0.15) is 35.1 Å². The van der Waals surface area contributed by atoms with Gasteiger partial charge in [-0.25, -0.2) is 0 Å². The normalized spacial score (nSPS) is 10.8. The summed E-state index contributed by atoms with van der Waals surface area (Å²) in [6.07, 6.45) is 2.00. The van der Waals surface area contributed by atoms with Crippen molar-refractivity contribution >= 4 is 11.6 Å². The summed E-state index contributed by atoms with van der Waals surface area (Å²) < 4.78 is 5.86. The SMILES string of the molecule is Cc1cccc(C)c1-c1c(C)cc(OCCCCCl)cc1C. The number of hydrogen-bond donors (Lipinski definition) is 0. The van der Waals surface area contributed by atoms with Gasteiger partial charge in [0.15, 0.2) is 0 Å². The molecule has 0 bridgehead atoms. The van der Waals surface area contributed by atoms with Crippen LogP contribution in [-0.4, -0.2) is 12.5 Å². The van der Waals surface area contributed by atoms with E-state index < -0.39 is 0 Å². The van der Waals surface area contributed by atoms with Crippen molar-refractivity contribution in [2.75, 3.05) is 12.5 Å². The third-order valence-corrected chi connectivity index (χ3v) is 4.30. The van der Waals surface area contributed by atoms with E-state index >= 15 is 0 Å². The number of aryl methyl sites for hydroxylation is 4. The zero-order chi connectivity index (χ0) is 16.1. The van der Waals surface area contributed by atoms with Crippen LogP contribution in [-0.2, 0) is 0 Å². The molecule has 0 fully saturated rings. The minimum Gasteiger partial charge on any atom is -0.494 e. The lowest BCUT2D eigenvalue weighted by molar-refractivity contribution is 0.309. The van der Waals surface area contributed by atoms with Crippen LogP contribution >= 0.6 is 11.6 Å². The Bertz CT molecular complexity index is 603. The number of rotatable bonds is 6. The molecule has 2 aromatic carbocycles. The van der Waals surface area contributed by atoms with Crippen molar-refractivity contribution in [2.24, 2.45) is 0 Å². The summed E-state index contributed by atoms with van der Waals surface area (Å²) in [5.74, 6) is 1.66. The first kappa shape index (κ1) is 16.9. The van der Waals surface area contributed by atoms with Gasteiger partial charge in [0.25, 0.3) is 0 Å². The smallest absolute Gasteiger partial charge is 0.119 e. The fraction of sp³-hybridized carbons (Fsp3) is 0.400. The first-order valence-corrected chi connectivity index (χ1v) is 8.44. The van der Waals surface area contributed by atoms with Gasteiger partial charge in [0, 0.05) is 5.88 Å². The van der Waals surface area contributed by atoms with E-state index in [-0.39, 0.29) is 0 Å². The number of unbranched alkanes of at least 4 members (excludes halogenated alkanes) is 1. The average Bonchev–Trinajstić information content (AvgIpc) is 2.46. The fourth-order valence-electron chi connectivity index (χ4n) is 3.00. The lowest BCUT2D eigenvalue weighted by atomic mass is 9.89. The first-order valence-electron chi connectivity index (χ1n) is 7.91. The van der Waals surface area contributed by atoms with Crippen LogP contribution in [0.4, 0.5) is 0 Å². The topological polar surface area (TPSA) is 9.23 Å². The molecule has 0 heterocycles. The van der Waals surface area contributed by atoms with Crippen LogP contribution in [0.25, 0.3) is 11.1 Å². The largest absolute Gasteiger partial charge is 0.494 e. The van der Waals surface area contributed by atoms with E-state index in [1.807, 2.05) is 0 Å². The average molecular weight is 317 g/mol. The molecule has 0 amide bonds. The maximum Gasteiger partial charge on any atom is 0.119 e. The zero-order valence-corrected chi connectivity index (χ0v) is 14.8. The Hall–Kier alpha value is -1.47. The van der Waals surface area contributed by atoms with E-state index in [0.29, 0.717) is 5.88 Å². The Morgan fingerprint density at radius 3 is 1.91 bits per heavy atom. The first-order chi connectivity index (χ1) is 10.5. The van der Waals surface area contributed by atoms with Crippen molar-refractivity contribution < 1.29 is 4.74 Å². The molecular weight excluding hydrogens is 292 g/mol. The summed E-state index contributed by atoms with van der Waals surface area (Å²) in [4.78, 5) is 0. The molecule has 0 unspecified atom stereocenters. The lowest BCUT2D eigenvalue weighted by Gasteiger charge is -2.17. The lowest BCUT2D eigenvalue weighted by Crippen LogP contribution is -2.00. The van der Waals surface area contributed by atoms with Crippen molar-refractivity contribution in [1.29, 1.82) is 0 Å². The van der Waals surface area contributed by atoms with Gasteiger partial charge in [0.1, 0.15) is 5.75 Å². The van der Waals surface area contributed by atoms with Crippen LogP contribution in [0.3, 0.4) is 0 Å². The molecule has 0 aliphatic heterocycles. The molecule has 0 aromatic heterocycles. The number of alkyl halides is 1. The van der Waals surface area contributed by atoms with Gasteiger partial charge in [0.05, 0.1) is 6.61 Å². The molecule has 0 aliphatic rings. The highest BCUT2D eigenvalue weighted by Crippen LogP contribution is 2.35. The maximum absolute atomic E-state index is 5.86. The van der Waals surface area contributed by atoms with Gasteiger partial charge in [0.2, 0.25) is 0 Å². The second kappa shape index (κ2) is 7.69. The molecule has 0 atom stereocenters. The molecule has 0 N–H and O–H groups in total. The van der Waals surface area contributed by atoms with Crippen molar-refractivity contribution in [3.63, 3.8) is 0 Å². The summed E-state index contributed by atoms with van der Waals surface area (Å²) in [6.45, 7) is 9.42. The highest BCUT2D eigenvalue weighted by molar-refractivity contribution is 6.17. The predicted octanol–water partition coefficient (Wildman–Crippen LogP) is 5.99. The van der Waals surface area contributed by atoms with E-state index in [2.05, 4.69) is 58.0 Å². The van der Waals surface area contributed by atoms with E-state index in [4.69, 9.17) is 16.3 Å². The van der Waals surface area contributed by atoms with Gasteiger partial charge in [-0.3, -0.25) is 0 Å². The molecule has 118 valence electrons. The Morgan fingerprint density at radius 2 is 1.36 bits per heavy atom. The number of benzene rings is 2. The van der Waals surface area contributed by atoms with Gasteiger partial charge in [-0.15, -0.1) is 11.6 Å². The molecule has 0 aliphatic carbocycles. The summed E-state index contributed by atoms with van der Waals surface area (Å²) in [7, 11) is 0. The molecule has 2 aromatic rings. The number of hydrogen-bond acceptors (Lipinski definition) is 1. The fourth-order valence-corrected chi connectivity index (χ4v) is 3.19. The monoisotopic (exact) mass is 316 g/mol. The van der Waals surface area contributed by atoms with Gasteiger partial charge in [-0.05, 0) is 86.1 Å². The molecule has 2 rings (SSSR count). The van der Waals surface area contributed by atoms with E-state index in [9.17, 15) is 0 Å². The molecule has 0 saturated heterocycles. The summed E-state index contributed by atoms with van der Waals surface area (Å²) >= 11 is 5.70. The van der Waals surface area contributed by atoms with Crippen molar-refractivity contribution in [3.05, 3.63) is 52.6 Å². The van der Waals surface area contributed by atoms with Crippen LogP contribution < -0.4 is 4.74 Å². The maximum atomic E-state index is 5.86. The molecule has 1 nitrogen and oxygen atoms in total. The third-order valence-electron chi connectivity index (χ3n) is 4.03. The third kappa shape index (κ3) is 3.84. The predicted molar refractivity (Wildman–Crippen MR) is 96.3 cm³/mol.